The molecule has 0 radical (unpaired) electrons. The van der Waals surface area contributed by atoms with Gasteiger partial charge in [0.2, 0.25) is 0 Å². The largest absolute Gasteiger partial charge is 0.480 e. The van der Waals surface area contributed by atoms with Gasteiger partial charge in [0, 0.05) is 0 Å². The van der Waals surface area contributed by atoms with E-state index >= 15 is 0 Å². The number of carboxylic acids is 1. The van der Waals surface area contributed by atoms with Crippen LogP contribution in [-0.4, -0.2) is 17.6 Å². The van der Waals surface area contributed by atoms with Gasteiger partial charge in [-0.2, -0.15) is 0 Å². The highest BCUT2D eigenvalue weighted by Gasteiger charge is 2.27. The molecule has 1 aromatic rings. The Morgan fingerprint density at radius 3 is 2.33 bits per heavy atom. The van der Waals surface area contributed by atoms with E-state index in [2.05, 4.69) is 5.32 Å². The van der Waals surface area contributed by atoms with Crippen molar-refractivity contribution in [2.45, 2.75) is 18.9 Å². The Hall–Kier alpha value is -1.56. The zero-order chi connectivity index (χ0) is 13.3. The van der Waals surface area contributed by atoms with Gasteiger partial charge in [-0.1, -0.05) is 0 Å². The number of hydrogen-bond acceptors (Lipinski definition) is 2. The molecule has 18 heavy (non-hydrogen) atoms. The lowest BCUT2D eigenvalue weighted by Gasteiger charge is -2.15. The monoisotopic (exact) mass is 259 g/mol. The fourth-order valence-electron chi connectivity index (χ4n) is 1.70. The number of carboxylic acid groups (broad SMARTS) is 1. The molecule has 0 aliphatic heterocycles. The minimum absolute atomic E-state index is 0.125. The molecular formula is C12H12F3NO2. The molecule has 0 heterocycles. The molecule has 1 atom stereocenters. The van der Waals surface area contributed by atoms with Gasteiger partial charge in [0.05, 0.1) is 0 Å². The van der Waals surface area contributed by atoms with E-state index in [1.54, 1.807) is 0 Å². The summed E-state index contributed by atoms with van der Waals surface area (Å²) in [6, 6.07) is 0.184. The van der Waals surface area contributed by atoms with Crippen molar-refractivity contribution in [3.05, 3.63) is 35.1 Å². The summed E-state index contributed by atoms with van der Waals surface area (Å²) >= 11 is 0. The molecular weight excluding hydrogens is 247 g/mol. The van der Waals surface area contributed by atoms with Gasteiger partial charge in [-0.05, 0) is 43.0 Å². The van der Waals surface area contributed by atoms with E-state index in [4.69, 9.17) is 5.11 Å². The van der Waals surface area contributed by atoms with Crippen molar-refractivity contribution in [2.24, 2.45) is 5.92 Å². The number of hydrogen-bond donors (Lipinski definition) is 2. The van der Waals surface area contributed by atoms with Gasteiger partial charge in [-0.3, -0.25) is 4.79 Å². The summed E-state index contributed by atoms with van der Waals surface area (Å²) < 4.78 is 38.9. The topological polar surface area (TPSA) is 49.3 Å². The maximum Gasteiger partial charge on any atom is 0.325 e. The van der Waals surface area contributed by atoms with Crippen molar-refractivity contribution in [3.63, 3.8) is 0 Å². The number of carbonyl (C=O) groups is 1. The van der Waals surface area contributed by atoms with Crippen molar-refractivity contribution < 1.29 is 23.1 Å². The smallest absolute Gasteiger partial charge is 0.325 e. The van der Waals surface area contributed by atoms with Gasteiger partial charge in [-0.15, -0.1) is 0 Å². The molecule has 6 heteroatoms. The van der Waals surface area contributed by atoms with Crippen LogP contribution in [0.2, 0.25) is 0 Å². The Morgan fingerprint density at radius 2 is 1.89 bits per heavy atom. The standard InChI is InChI=1S/C12H12F3NO2/c13-8-3-7(4-9(14)10(8)15)11(12(17)18)16-5-6-1-2-6/h3-4,6,11,16H,1-2,5H2,(H,17,18). The van der Waals surface area contributed by atoms with E-state index < -0.39 is 29.5 Å². The molecule has 0 amide bonds. The van der Waals surface area contributed by atoms with E-state index in [0.29, 0.717) is 24.6 Å². The molecule has 1 aliphatic rings. The fraction of sp³-hybridized carbons (Fsp3) is 0.417. The average molecular weight is 259 g/mol. The second kappa shape index (κ2) is 4.97. The van der Waals surface area contributed by atoms with Crippen LogP contribution in [0, 0.1) is 23.4 Å². The van der Waals surface area contributed by atoms with Gasteiger partial charge >= 0.3 is 5.97 Å². The molecule has 0 spiro atoms. The Morgan fingerprint density at radius 1 is 1.33 bits per heavy atom. The molecule has 0 bridgehead atoms. The van der Waals surface area contributed by atoms with Crippen LogP contribution in [0.4, 0.5) is 13.2 Å². The first kappa shape index (κ1) is 12.9. The van der Waals surface area contributed by atoms with Crippen LogP contribution in [0.25, 0.3) is 0 Å². The lowest BCUT2D eigenvalue weighted by molar-refractivity contribution is -0.139. The molecule has 1 aromatic carbocycles. The van der Waals surface area contributed by atoms with E-state index in [1.807, 2.05) is 0 Å². The highest BCUT2D eigenvalue weighted by Crippen LogP contribution is 2.29. The summed E-state index contributed by atoms with van der Waals surface area (Å²) in [6.45, 7) is 0.470. The van der Waals surface area contributed by atoms with E-state index in [-0.39, 0.29) is 5.56 Å². The first-order chi connectivity index (χ1) is 8.49. The zero-order valence-corrected chi connectivity index (χ0v) is 9.42. The molecule has 98 valence electrons. The molecule has 1 unspecified atom stereocenters. The summed E-state index contributed by atoms with van der Waals surface area (Å²) in [6.07, 6.45) is 2.04. The van der Waals surface area contributed by atoms with Crippen molar-refractivity contribution in [1.29, 1.82) is 0 Å². The average Bonchev–Trinajstić information content (AvgIpc) is 3.09. The van der Waals surface area contributed by atoms with Crippen LogP contribution in [0.15, 0.2) is 12.1 Å². The summed E-state index contributed by atoms with van der Waals surface area (Å²) in [5.74, 6) is -5.19. The first-order valence-corrected chi connectivity index (χ1v) is 5.59. The third kappa shape index (κ3) is 2.81. The quantitative estimate of drug-likeness (QED) is 0.797. The van der Waals surface area contributed by atoms with E-state index in [1.165, 1.54) is 0 Å². The lowest BCUT2D eigenvalue weighted by Crippen LogP contribution is -2.30. The first-order valence-electron chi connectivity index (χ1n) is 5.59. The Bertz CT molecular complexity index is 451. The van der Waals surface area contributed by atoms with Crippen molar-refractivity contribution >= 4 is 5.97 Å². The van der Waals surface area contributed by atoms with Crippen molar-refractivity contribution in [2.75, 3.05) is 6.54 Å². The van der Waals surface area contributed by atoms with E-state index in [9.17, 15) is 18.0 Å². The highest BCUT2D eigenvalue weighted by molar-refractivity contribution is 5.75. The summed E-state index contributed by atoms with van der Waals surface area (Å²) in [5, 5.41) is 11.7. The van der Waals surface area contributed by atoms with Crippen LogP contribution in [-0.2, 0) is 4.79 Å². The Kier molecular flexibility index (Phi) is 3.56. The van der Waals surface area contributed by atoms with Crippen LogP contribution in [0.3, 0.4) is 0 Å². The molecule has 0 saturated heterocycles. The molecule has 1 saturated carbocycles. The number of nitrogens with one attached hydrogen (secondary N) is 1. The van der Waals surface area contributed by atoms with Crippen LogP contribution in [0.5, 0.6) is 0 Å². The molecule has 1 fully saturated rings. The number of rotatable bonds is 5. The van der Waals surface area contributed by atoms with Crippen LogP contribution in [0.1, 0.15) is 24.4 Å². The maximum absolute atomic E-state index is 13.0. The van der Waals surface area contributed by atoms with Gasteiger partial charge in [0.1, 0.15) is 6.04 Å². The Balaban J connectivity index is 2.20. The molecule has 3 nitrogen and oxygen atoms in total. The van der Waals surface area contributed by atoms with Gasteiger partial charge in [-0.25, -0.2) is 13.2 Å². The molecule has 2 N–H and O–H groups in total. The minimum Gasteiger partial charge on any atom is -0.480 e. The summed E-state index contributed by atoms with van der Waals surface area (Å²) in [4.78, 5) is 11.0. The normalized spacial score (nSPS) is 16.6. The second-order valence-electron chi connectivity index (χ2n) is 4.42. The summed E-state index contributed by atoms with van der Waals surface area (Å²) in [5.41, 5.74) is -0.125. The number of benzene rings is 1. The predicted molar refractivity (Wildman–Crippen MR) is 57.4 cm³/mol. The summed E-state index contributed by atoms with van der Waals surface area (Å²) in [7, 11) is 0. The lowest BCUT2D eigenvalue weighted by atomic mass is 10.1. The third-order valence-electron chi connectivity index (χ3n) is 2.89. The van der Waals surface area contributed by atoms with Gasteiger partial charge in [0.25, 0.3) is 0 Å². The second-order valence-corrected chi connectivity index (χ2v) is 4.42. The SMILES string of the molecule is O=C(O)C(NCC1CC1)c1cc(F)c(F)c(F)c1. The van der Waals surface area contributed by atoms with Crippen LogP contribution < -0.4 is 5.32 Å². The zero-order valence-electron chi connectivity index (χ0n) is 9.42. The van der Waals surface area contributed by atoms with Crippen molar-refractivity contribution in [3.8, 4) is 0 Å². The maximum atomic E-state index is 13.0. The highest BCUT2D eigenvalue weighted by atomic mass is 19.2. The number of aliphatic carboxylic acids is 1. The third-order valence-corrected chi connectivity index (χ3v) is 2.89. The van der Waals surface area contributed by atoms with Crippen LogP contribution >= 0.6 is 0 Å². The Labute approximate surface area is 102 Å². The number of halogens is 3. The van der Waals surface area contributed by atoms with E-state index in [0.717, 1.165) is 12.8 Å². The van der Waals surface area contributed by atoms with Crippen molar-refractivity contribution in [1.82, 2.24) is 5.32 Å². The fourth-order valence-corrected chi connectivity index (χ4v) is 1.70. The molecule has 1 aliphatic carbocycles. The molecule has 2 rings (SSSR count). The minimum atomic E-state index is -1.59. The van der Waals surface area contributed by atoms with Gasteiger partial charge < -0.3 is 10.4 Å². The predicted octanol–water partition coefficient (Wildman–Crippen LogP) is 2.23. The van der Waals surface area contributed by atoms with Gasteiger partial charge in [0.15, 0.2) is 17.5 Å². The molecule has 0 aromatic heterocycles.